The van der Waals surface area contributed by atoms with E-state index in [0.29, 0.717) is 12.1 Å². The van der Waals surface area contributed by atoms with Gasteiger partial charge in [0.25, 0.3) is 0 Å². The van der Waals surface area contributed by atoms with E-state index in [1.165, 1.54) is 5.56 Å². The topological polar surface area (TPSA) is 66.6 Å². The first-order chi connectivity index (χ1) is 9.11. The van der Waals surface area contributed by atoms with Crippen LogP contribution in [0.2, 0.25) is 0 Å². The first-order valence-corrected chi connectivity index (χ1v) is 6.11. The molecule has 0 radical (unpaired) electrons. The highest BCUT2D eigenvalue weighted by molar-refractivity contribution is 5.87. The minimum absolute atomic E-state index is 0.344. The number of carboxylic acids is 1. The SMILES string of the molecule is Cc1cc(CN2Cc3ccc(C(=O)O)cc3C2)on1. The highest BCUT2D eigenvalue weighted by Gasteiger charge is 2.21. The Kier molecular flexibility index (Phi) is 2.83. The fourth-order valence-electron chi connectivity index (χ4n) is 2.42. The van der Waals surface area contributed by atoms with Crippen molar-refractivity contribution in [2.24, 2.45) is 0 Å². The largest absolute Gasteiger partial charge is 0.478 e. The van der Waals surface area contributed by atoms with Crippen LogP contribution in [-0.2, 0) is 19.6 Å². The van der Waals surface area contributed by atoms with Gasteiger partial charge >= 0.3 is 5.97 Å². The van der Waals surface area contributed by atoms with Gasteiger partial charge in [0.05, 0.1) is 17.8 Å². The molecule has 0 aliphatic carbocycles. The summed E-state index contributed by atoms with van der Waals surface area (Å²) in [6.45, 7) is 4.15. The summed E-state index contributed by atoms with van der Waals surface area (Å²) in [7, 11) is 0. The summed E-state index contributed by atoms with van der Waals surface area (Å²) in [6.07, 6.45) is 0. The van der Waals surface area contributed by atoms with Gasteiger partial charge < -0.3 is 9.63 Å². The van der Waals surface area contributed by atoms with E-state index in [0.717, 1.165) is 30.1 Å². The van der Waals surface area contributed by atoms with E-state index in [2.05, 4.69) is 10.1 Å². The number of aryl methyl sites for hydroxylation is 1. The molecule has 1 N–H and O–H groups in total. The molecular weight excluding hydrogens is 244 g/mol. The van der Waals surface area contributed by atoms with Crippen LogP contribution in [0, 0.1) is 6.92 Å². The quantitative estimate of drug-likeness (QED) is 0.914. The number of carbonyl (C=O) groups is 1. The molecular formula is C14H14N2O3. The summed E-state index contributed by atoms with van der Waals surface area (Å²) in [5.74, 6) is -0.0455. The molecule has 0 saturated heterocycles. The van der Waals surface area contributed by atoms with Crippen LogP contribution in [0.15, 0.2) is 28.8 Å². The monoisotopic (exact) mass is 258 g/mol. The lowest BCUT2D eigenvalue weighted by atomic mass is 10.1. The van der Waals surface area contributed by atoms with Gasteiger partial charge in [-0.15, -0.1) is 0 Å². The number of carboxylic acid groups (broad SMARTS) is 1. The molecule has 0 fully saturated rings. The molecule has 1 aromatic carbocycles. The maximum absolute atomic E-state index is 10.9. The molecule has 5 heteroatoms. The minimum Gasteiger partial charge on any atom is -0.478 e. The Morgan fingerprint density at radius 2 is 2.16 bits per heavy atom. The van der Waals surface area contributed by atoms with Gasteiger partial charge in [-0.25, -0.2) is 4.79 Å². The zero-order valence-corrected chi connectivity index (χ0v) is 10.6. The van der Waals surface area contributed by atoms with Crippen LogP contribution >= 0.6 is 0 Å². The lowest BCUT2D eigenvalue weighted by molar-refractivity contribution is 0.0696. The summed E-state index contributed by atoms with van der Waals surface area (Å²) in [5.41, 5.74) is 3.48. The van der Waals surface area contributed by atoms with Crippen molar-refractivity contribution >= 4 is 5.97 Å². The number of fused-ring (bicyclic) bond motifs is 1. The fraction of sp³-hybridized carbons (Fsp3) is 0.286. The molecule has 3 rings (SSSR count). The Morgan fingerprint density at radius 1 is 1.37 bits per heavy atom. The Bertz CT molecular complexity index is 633. The predicted octanol–water partition coefficient (Wildman–Crippen LogP) is 2.20. The molecule has 0 spiro atoms. The summed E-state index contributed by atoms with van der Waals surface area (Å²) < 4.78 is 5.20. The zero-order valence-electron chi connectivity index (χ0n) is 10.6. The average Bonchev–Trinajstić information content (AvgIpc) is 2.94. The van der Waals surface area contributed by atoms with Gasteiger partial charge in [-0.1, -0.05) is 11.2 Å². The van der Waals surface area contributed by atoms with Crippen LogP contribution in [0.3, 0.4) is 0 Å². The number of aromatic nitrogens is 1. The summed E-state index contributed by atoms with van der Waals surface area (Å²) >= 11 is 0. The average molecular weight is 258 g/mol. The molecule has 0 saturated carbocycles. The third-order valence-electron chi connectivity index (χ3n) is 3.30. The van der Waals surface area contributed by atoms with Gasteiger partial charge in [0.1, 0.15) is 0 Å². The molecule has 19 heavy (non-hydrogen) atoms. The second kappa shape index (κ2) is 4.51. The van der Waals surface area contributed by atoms with Crippen LogP contribution < -0.4 is 0 Å². The minimum atomic E-state index is -0.882. The number of nitrogens with zero attached hydrogens (tertiary/aromatic N) is 2. The standard InChI is InChI=1S/C14H14N2O3/c1-9-4-13(19-15-9)8-16-6-11-3-2-10(14(17)18)5-12(11)7-16/h2-5H,6-8H2,1H3,(H,17,18). The Hall–Kier alpha value is -2.14. The maximum atomic E-state index is 10.9. The molecule has 0 atom stereocenters. The third-order valence-corrected chi connectivity index (χ3v) is 3.30. The summed E-state index contributed by atoms with van der Waals surface area (Å²) in [5, 5.41) is 12.8. The van der Waals surface area contributed by atoms with Crippen molar-refractivity contribution < 1.29 is 14.4 Å². The number of benzene rings is 1. The Morgan fingerprint density at radius 3 is 2.84 bits per heavy atom. The van der Waals surface area contributed by atoms with Gasteiger partial charge in [0, 0.05) is 19.2 Å². The molecule has 5 nitrogen and oxygen atoms in total. The van der Waals surface area contributed by atoms with Crippen molar-refractivity contribution in [1.82, 2.24) is 10.1 Å². The fourth-order valence-corrected chi connectivity index (χ4v) is 2.42. The third kappa shape index (κ3) is 2.37. The van der Waals surface area contributed by atoms with E-state index in [4.69, 9.17) is 9.63 Å². The lowest BCUT2D eigenvalue weighted by Crippen LogP contribution is -2.15. The smallest absolute Gasteiger partial charge is 0.335 e. The molecule has 0 bridgehead atoms. The van der Waals surface area contributed by atoms with E-state index in [-0.39, 0.29) is 0 Å². The number of hydrogen-bond acceptors (Lipinski definition) is 4. The van der Waals surface area contributed by atoms with Gasteiger partial charge in [-0.2, -0.15) is 0 Å². The second-order valence-electron chi connectivity index (χ2n) is 4.87. The Balaban J connectivity index is 1.75. The van der Waals surface area contributed by atoms with E-state index >= 15 is 0 Å². The molecule has 1 aromatic heterocycles. The van der Waals surface area contributed by atoms with Crippen LogP contribution in [-0.4, -0.2) is 21.1 Å². The van der Waals surface area contributed by atoms with Gasteiger partial charge in [-0.05, 0) is 30.2 Å². The van der Waals surface area contributed by atoms with Crippen molar-refractivity contribution in [1.29, 1.82) is 0 Å². The van der Waals surface area contributed by atoms with Gasteiger partial charge in [-0.3, -0.25) is 4.90 Å². The summed E-state index contributed by atoms with van der Waals surface area (Å²) in [6, 6.07) is 7.22. The highest BCUT2D eigenvalue weighted by atomic mass is 16.5. The van der Waals surface area contributed by atoms with Crippen LogP contribution in [0.25, 0.3) is 0 Å². The zero-order chi connectivity index (χ0) is 13.4. The van der Waals surface area contributed by atoms with Crippen LogP contribution in [0.4, 0.5) is 0 Å². The predicted molar refractivity (Wildman–Crippen MR) is 67.6 cm³/mol. The molecule has 0 amide bonds. The molecule has 1 aliphatic heterocycles. The first-order valence-electron chi connectivity index (χ1n) is 6.11. The van der Waals surface area contributed by atoms with Crippen LogP contribution in [0.1, 0.15) is 32.9 Å². The normalized spacial score (nSPS) is 14.6. The highest BCUT2D eigenvalue weighted by Crippen LogP contribution is 2.25. The Labute approximate surface area is 110 Å². The van der Waals surface area contributed by atoms with Gasteiger partial charge in [0.2, 0.25) is 0 Å². The van der Waals surface area contributed by atoms with Crippen molar-refractivity contribution in [3.8, 4) is 0 Å². The molecule has 2 heterocycles. The van der Waals surface area contributed by atoms with E-state index in [1.807, 2.05) is 19.1 Å². The van der Waals surface area contributed by atoms with Gasteiger partial charge in [0.15, 0.2) is 5.76 Å². The van der Waals surface area contributed by atoms with Crippen molar-refractivity contribution in [3.63, 3.8) is 0 Å². The van der Waals surface area contributed by atoms with E-state index in [9.17, 15) is 4.79 Å². The number of rotatable bonds is 3. The first kappa shape index (κ1) is 11.9. The van der Waals surface area contributed by atoms with Crippen molar-refractivity contribution in [2.45, 2.75) is 26.6 Å². The molecule has 1 aliphatic rings. The van der Waals surface area contributed by atoms with Crippen LogP contribution in [0.5, 0.6) is 0 Å². The number of hydrogen-bond donors (Lipinski definition) is 1. The van der Waals surface area contributed by atoms with Crippen molar-refractivity contribution in [3.05, 3.63) is 52.4 Å². The maximum Gasteiger partial charge on any atom is 0.335 e. The van der Waals surface area contributed by atoms with E-state index < -0.39 is 5.97 Å². The van der Waals surface area contributed by atoms with Crippen molar-refractivity contribution in [2.75, 3.05) is 0 Å². The second-order valence-corrected chi connectivity index (χ2v) is 4.87. The lowest BCUT2D eigenvalue weighted by Gasteiger charge is -2.11. The summed E-state index contributed by atoms with van der Waals surface area (Å²) in [4.78, 5) is 13.1. The molecule has 2 aromatic rings. The number of aromatic carboxylic acids is 1. The molecule has 98 valence electrons. The molecule has 0 unspecified atom stereocenters. The van der Waals surface area contributed by atoms with E-state index in [1.54, 1.807) is 12.1 Å².